The second kappa shape index (κ2) is 2.43. The Kier molecular flexibility index (Phi) is 1.82. The third-order valence-electron chi connectivity index (χ3n) is 0.843. The van der Waals surface area contributed by atoms with Gasteiger partial charge in [0, 0.05) is 0 Å². The molecule has 0 aliphatic carbocycles. The SMILES string of the molecule is O=[C]([Pb])c1ccc[nH]1. The van der Waals surface area contributed by atoms with Gasteiger partial charge in [-0.1, -0.05) is 0 Å². The van der Waals surface area contributed by atoms with Gasteiger partial charge in [0.2, 0.25) is 0 Å². The summed E-state index contributed by atoms with van der Waals surface area (Å²) in [6, 6.07) is 3.61. The van der Waals surface area contributed by atoms with Crippen LogP contribution in [0.25, 0.3) is 0 Å². The van der Waals surface area contributed by atoms with Gasteiger partial charge in [0.05, 0.1) is 0 Å². The van der Waals surface area contributed by atoms with Crippen LogP contribution in [0, 0.1) is 0 Å². The molecular formula is C5H4NOPb. The van der Waals surface area contributed by atoms with Crippen LogP contribution in [-0.4, -0.2) is 34.1 Å². The van der Waals surface area contributed by atoms with Gasteiger partial charge in [-0.3, -0.25) is 0 Å². The van der Waals surface area contributed by atoms with Crippen molar-refractivity contribution in [3.05, 3.63) is 24.0 Å². The van der Waals surface area contributed by atoms with Crippen molar-refractivity contribution in [2.45, 2.75) is 0 Å². The van der Waals surface area contributed by atoms with E-state index in [4.69, 9.17) is 0 Å². The van der Waals surface area contributed by atoms with Gasteiger partial charge in [0.25, 0.3) is 0 Å². The van der Waals surface area contributed by atoms with Gasteiger partial charge in [0.1, 0.15) is 0 Å². The summed E-state index contributed by atoms with van der Waals surface area (Å²) in [6.45, 7) is 0. The Morgan fingerprint density at radius 3 is 2.75 bits per heavy atom. The van der Waals surface area contributed by atoms with E-state index in [1.807, 2.05) is 6.07 Å². The second-order valence-electron chi connectivity index (χ2n) is 1.41. The summed E-state index contributed by atoms with van der Waals surface area (Å²) in [4.78, 5) is 13.4. The first kappa shape index (κ1) is 6.00. The van der Waals surface area contributed by atoms with Crippen molar-refractivity contribution in [3.63, 3.8) is 0 Å². The molecule has 0 amide bonds. The van der Waals surface area contributed by atoms with Crippen LogP contribution in [0.15, 0.2) is 18.3 Å². The van der Waals surface area contributed by atoms with Crippen molar-refractivity contribution < 1.29 is 4.79 Å². The Morgan fingerprint density at radius 2 is 2.50 bits per heavy atom. The maximum atomic E-state index is 10.5. The maximum absolute atomic E-state index is 10.5. The molecule has 0 aliphatic heterocycles. The Morgan fingerprint density at radius 1 is 1.75 bits per heavy atom. The van der Waals surface area contributed by atoms with E-state index in [9.17, 15) is 4.79 Å². The number of aromatic nitrogens is 1. The van der Waals surface area contributed by atoms with Crippen LogP contribution >= 0.6 is 0 Å². The predicted octanol–water partition coefficient (Wildman–Crippen LogP) is 0.323. The van der Waals surface area contributed by atoms with Gasteiger partial charge < -0.3 is 0 Å². The summed E-state index contributed by atoms with van der Waals surface area (Å²) < 4.78 is 0.218. The van der Waals surface area contributed by atoms with Crippen LogP contribution in [0.2, 0.25) is 0 Å². The van der Waals surface area contributed by atoms with E-state index >= 15 is 0 Å². The van der Waals surface area contributed by atoms with E-state index in [2.05, 4.69) is 4.98 Å². The molecule has 0 atom stereocenters. The van der Waals surface area contributed by atoms with E-state index < -0.39 is 0 Å². The van der Waals surface area contributed by atoms with Crippen molar-refractivity contribution >= 4 is 29.1 Å². The molecule has 1 N–H and O–H groups in total. The fourth-order valence-corrected chi connectivity index (χ4v) is 1.08. The zero-order valence-electron chi connectivity index (χ0n) is 4.14. The second-order valence-corrected chi connectivity index (χ2v) is 3.18. The summed E-state index contributed by atoms with van der Waals surface area (Å²) in [5.41, 5.74) is 0.733. The fourth-order valence-electron chi connectivity index (χ4n) is 0.472. The van der Waals surface area contributed by atoms with Gasteiger partial charge in [-0.05, 0) is 0 Å². The Bertz CT molecular complexity index is 180. The number of rotatable bonds is 1. The molecular weight excluding hydrogens is 297 g/mol. The van der Waals surface area contributed by atoms with E-state index in [1.54, 1.807) is 12.3 Å². The minimum atomic E-state index is 0.218. The van der Waals surface area contributed by atoms with Crippen molar-refractivity contribution in [2.24, 2.45) is 0 Å². The number of carbonyl (C=O) groups excluding carboxylic acids is 1. The number of H-pyrrole nitrogens is 1. The number of carbonyl (C=O) groups is 1. The first-order valence-electron chi connectivity index (χ1n) is 2.20. The molecule has 0 aromatic carbocycles. The number of hydrogen-bond acceptors (Lipinski definition) is 1. The molecule has 0 saturated heterocycles. The third kappa shape index (κ3) is 1.18. The molecule has 0 saturated carbocycles. The van der Waals surface area contributed by atoms with E-state index in [0.717, 1.165) is 5.69 Å². The molecule has 1 heterocycles. The molecule has 1 rings (SSSR count). The fraction of sp³-hybridized carbons (Fsp3) is 0. The van der Waals surface area contributed by atoms with Crippen molar-refractivity contribution in [2.75, 3.05) is 0 Å². The molecule has 2 nitrogen and oxygen atoms in total. The summed E-state index contributed by atoms with van der Waals surface area (Å²) >= 11 is 0.602. The topological polar surface area (TPSA) is 32.9 Å². The molecule has 0 bridgehead atoms. The zero-order chi connectivity index (χ0) is 5.98. The normalized spacial score (nSPS) is 9.12. The summed E-state index contributed by atoms with van der Waals surface area (Å²) in [7, 11) is 0. The van der Waals surface area contributed by atoms with Crippen LogP contribution in [0.3, 0.4) is 0 Å². The molecule has 39 valence electrons. The molecule has 0 unspecified atom stereocenters. The van der Waals surface area contributed by atoms with Crippen LogP contribution in [0.1, 0.15) is 10.5 Å². The molecule has 1 aromatic rings. The summed E-state index contributed by atoms with van der Waals surface area (Å²) in [5, 5.41) is 0. The average Bonchev–Trinajstić information content (AvgIpc) is 2.12. The number of aromatic amines is 1. The average molecular weight is 301 g/mol. The van der Waals surface area contributed by atoms with Crippen LogP contribution in [0.4, 0.5) is 0 Å². The zero-order valence-corrected chi connectivity index (χ0v) is 8.03. The minimum absolute atomic E-state index is 0.218. The monoisotopic (exact) mass is 302 g/mol. The van der Waals surface area contributed by atoms with Crippen LogP contribution < -0.4 is 0 Å². The first-order valence-corrected chi connectivity index (χ1v) is 4.14. The van der Waals surface area contributed by atoms with Gasteiger partial charge in [-0.2, -0.15) is 0 Å². The third-order valence-corrected chi connectivity index (χ3v) is 1.89. The van der Waals surface area contributed by atoms with Crippen molar-refractivity contribution in [1.82, 2.24) is 4.98 Å². The predicted molar refractivity (Wildman–Crippen MR) is 30.9 cm³/mol. The Labute approximate surface area is 63.0 Å². The Hall–Kier alpha value is -0.128. The molecule has 0 spiro atoms. The molecule has 0 fully saturated rings. The molecule has 0 aliphatic rings. The summed E-state index contributed by atoms with van der Waals surface area (Å²) in [5.74, 6) is 0. The van der Waals surface area contributed by atoms with Gasteiger partial charge in [-0.25, -0.2) is 0 Å². The number of nitrogens with one attached hydrogen (secondary N) is 1. The molecule has 1 aromatic heterocycles. The van der Waals surface area contributed by atoms with Crippen molar-refractivity contribution in [3.8, 4) is 0 Å². The molecule has 8 heavy (non-hydrogen) atoms. The van der Waals surface area contributed by atoms with E-state index in [1.165, 1.54) is 0 Å². The first-order chi connectivity index (χ1) is 3.80. The van der Waals surface area contributed by atoms with Gasteiger partial charge in [-0.15, -0.1) is 0 Å². The standard InChI is InChI=1S/C5H4NO.Pb/c7-4-5-2-1-3-6-5;/h1-3,6H;. The van der Waals surface area contributed by atoms with Crippen molar-refractivity contribution in [1.29, 1.82) is 0 Å². The quantitative estimate of drug-likeness (QED) is 0.745. The van der Waals surface area contributed by atoms with Crippen LogP contribution in [0.5, 0.6) is 0 Å². The Balaban J connectivity index is 2.93. The molecule has 3 radical (unpaired) electrons. The van der Waals surface area contributed by atoms with E-state index in [0.29, 0.717) is 25.8 Å². The number of hydrogen-bond donors (Lipinski definition) is 1. The summed E-state index contributed by atoms with van der Waals surface area (Å²) in [6.07, 6.45) is 1.76. The van der Waals surface area contributed by atoms with Gasteiger partial charge in [0.15, 0.2) is 0 Å². The molecule has 3 heteroatoms. The van der Waals surface area contributed by atoms with E-state index in [-0.39, 0.29) is 3.34 Å². The van der Waals surface area contributed by atoms with Crippen LogP contribution in [-0.2, 0) is 0 Å². The van der Waals surface area contributed by atoms with Gasteiger partial charge >= 0.3 is 62.9 Å².